The number of hydrogen-bond donors (Lipinski definition) is 0. The molecule has 0 aliphatic heterocycles. The normalized spacial score (nSPS) is 10.9. The maximum Gasteiger partial charge on any atom is 0.0991 e. The summed E-state index contributed by atoms with van der Waals surface area (Å²) >= 11 is 0. The zero-order chi connectivity index (χ0) is 20.7. The highest BCUT2D eigenvalue weighted by molar-refractivity contribution is 5.70. The van der Waals surface area contributed by atoms with Gasteiger partial charge in [-0.25, -0.2) is 0 Å². The molecule has 2 aromatic rings. The lowest BCUT2D eigenvalue weighted by molar-refractivity contribution is 0.609. The van der Waals surface area contributed by atoms with Crippen LogP contribution in [0.1, 0.15) is 81.9 Å². The van der Waals surface area contributed by atoms with Crippen molar-refractivity contribution in [2.45, 2.75) is 65.2 Å². The molecule has 0 atom stereocenters. The summed E-state index contributed by atoms with van der Waals surface area (Å²) in [5.41, 5.74) is 4.36. The summed E-state index contributed by atoms with van der Waals surface area (Å²) in [7, 11) is 0. The van der Waals surface area contributed by atoms with Crippen LogP contribution in [-0.2, 0) is 0 Å². The fourth-order valence-electron chi connectivity index (χ4n) is 3.49. The zero-order valence-corrected chi connectivity index (χ0v) is 18.2. The maximum atomic E-state index is 8.90. The van der Waals surface area contributed by atoms with Crippen LogP contribution in [0.4, 0.5) is 5.69 Å². The Kier molecular flexibility index (Phi) is 10.7. The van der Waals surface area contributed by atoms with Gasteiger partial charge in [0.25, 0.3) is 0 Å². The van der Waals surface area contributed by atoms with Crippen molar-refractivity contribution < 1.29 is 0 Å². The molecule has 0 N–H and O–H groups in total. The van der Waals surface area contributed by atoms with Crippen LogP contribution in [0.25, 0.3) is 12.2 Å². The molecule has 0 aromatic heterocycles. The van der Waals surface area contributed by atoms with Crippen LogP contribution in [0, 0.1) is 11.3 Å². The van der Waals surface area contributed by atoms with Gasteiger partial charge in [-0.1, -0.05) is 88.8 Å². The van der Waals surface area contributed by atoms with E-state index >= 15 is 0 Å². The summed E-state index contributed by atoms with van der Waals surface area (Å²) in [6, 6.07) is 18.8. The van der Waals surface area contributed by atoms with Crippen LogP contribution in [0.2, 0.25) is 0 Å². The summed E-state index contributed by atoms with van der Waals surface area (Å²) < 4.78 is 0. The van der Waals surface area contributed by atoms with E-state index in [0.29, 0.717) is 5.56 Å². The van der Waals surface area contributed by atoms with Crippen LogP contribution in [0.3, 0.4) is 0 Å². The molecule has 0 fully saturated rings. The smallest absolute Gasteiger partial charge is 0.0991 e. The van der Waals surface area contributed by atoms with Gasteiger partial charge in [0.1, 0.15) is 0 Å². The first kappa shape index (κ1) is 22.8. The van der Waals surface area contributed by atoms with Gasteiger partial charge in [-0.05, 0) is 48.2 Å². The van der Waals surface area contributed by atoms with E-state index < -0.39 is 0 Å². The summed E-state index contributed by atoms with van der Waals surface area (Å²) in [5.74, 6) is 0. The highest BCUT2D eigenvalue weighted by atomic mass is 15.1. The third-order valence-electron chi connectivity index (χ3n) is 5.33. The number of rotatable bonds is 13. The Balaban J connectivity index is 1.97. The Morgan fingerprint density at radius 3 is 1.62 bits per heavy atom. The van der Waals surface area contributed by atoms with Gasteiger partial charge in [0.15, 0.2) is 0 Å². The van der Waals surface area contributed by atoms with Crippen LogP contribution in [0.15, 0.2) is 48.5 Å². The van der Waals surface area contributed by atoms with Crippen molar-refractivity contribution >= 4 is 17.8 Å². The standard InChI is InChI=1S/C27H36N2/c1-3-5-7-9-21-29(22-10-8-6-4-2)27-19-17-25(18-20-27)12-11-24-13-15-26(23-28)16-14-24/h11-20H,3-10,21-22H2,1-2H3. The van der Waals surface area contributed by atoms with Gasteiger partial charge in [0.2, 0.25) is 0 Å². The van der Waals surface area contributed by atoms with E-state index in [0.717, 1.165) is 18.7 Å². The van der Waals surface area contributed by atoms with Crippen LogP contribution in [0.5, 0.6) is 0 Å². The van der Waals surface area contributed by atoms with Crippen molar-refractivity contribution in [3.05, 3.63) is 65.2 Å². The molecule has 2 heteroatoms. The first-order chi connectivity index (χ1) is 14.3. The van der Waals surface area contributed by atoms with E-state index in [2.05, 4.69) is 61.2 Å². The minimum Gasteiger partial charge on any atom is -0.372 e. The highest BCUT2D eigenvalue weighted by Gasteiger charge is 2.06. The van der Waals surface area contributed by atoms with E-state index in [9.17, 15) is 0 Å². The van der Waals surface area contributed by atoms with Crippen molar-refractivity contribution in [3.8, 4) is 6.07 Å². The average molecular weight is 389 g/mol. The average Bonchev–Trinajstić information content (AvgIpc) is 2.77. The van der Waals surface area contributed by atoms with Crippen molar-refractivity contribution in [3.63, 3.8) is 0 Å². The van der Waals surface area contributed by atoms with Crippen molar-refractivity contribution in [2.75, 3.05) is 18.0 Å². The molecule has 2 nitrogen and oxygen atoms in total. The molecule has 0 saturated carbocycles. The second kappa shape index (κ2) is 13.6. The zero-order valence-electron chi connectivity index (χ0n) is 18.2. The molecule has 2 rings (SSSR count). The Bertz CT molecular complexity index is 739. The van der Waals surface area contributed by atoms with Crippen LogP contribution < -0.4 is 4.90 Å². The lowest BCUT2D eigenvalue weighted by atomic mass is 10.1. The second-order valence-corrected chi connectivity index (χ2v) is 7.77. The number of benzene rings is 2. The van der Waals surface area contributed by atoms with E-state index in [1.165, 1.54) is 62.6 Å². The predicted octanol–water partition coefficient (Wildman–Crippen LogP) is 7.70. The molecule has 0 radical (unpaired) electrons. The molecule has 0 unspecified atom stereocenters. The molecule has 0 bridgehead atoms. The summed E-state index contributed by atoms with van der Waals surface area (Å²) in [5, 5.41) is 8.90. The minimum absolute atomic E-state index is 0.699. The van der Waals surface area contributed by atoms with E-state index in [1.54, 1.807) is 0 Å². The van der Waals surface area contributed by atoms with Gasteiger partial charge in [-0.2, -0.15) is 5.26 Å². The van der Waals surface area contributed by atoms with Crippen molar-refractivity contribution in [1.29, 1.82) is 5.26 Å². The van der Waals surface area contributed by atoms with Crippen molar-refractivity contribution in [1.82, 2.24) is 0 Å². The van der Waals surface area contributed by atoms with Gasteiger partial charge in [0, 0.05) is 18.8 Å². The predicted molar refractivity (Wildman–Crippen MR) is 127 cm³/mol. The number of nitrogens with zero attached hydrogens (tertiary/aromatic N) is 2. The van der Waals surface area contributed by atoms with Gasteiger partial charge >= 0.3 is 0 Å². The Labute approximate surface area is 177 Å². The number of nitriles is 1. The molecule has 0 amide bonds. The van der Waals surface area contributed by atoms with E-state index in [1.807, 2.05) is 24.3 Å². The highest BCUT2D eigenvalue weighted by Crippen LogP contribution is 2.19. The topological polar surface area (TPSA) is 27.0 Å². The molecule has 154 valence electrons. The molecule has 0 heterocycles. The minimum atomic E-state index is 0.699. The lowest BCUT2D eigenvalue weighted by Gasteiger charge is -2.25. The molecule has 0 aliphatic carbocycles. The molecular weight excluding hydrogens is 352 g/mol. The molecule has 29 heavy (non-hydrogen) atoms. The first-order valence-corrected chi connectivity index (χ1v) is 11.3. The summed E-state index contributed by atoms with van der Waals surface area (Å²) in [6.07, 6.45) is 14.7. The SMILES string of the molecule is CCCCCCN(CCCCCC)c1ccc(C=Cc2ccc(C#N)cc2)cc1. The first-order valence-electron chi connectivity index (χ1n) is 11.3. The number of unbranched alkanes of at least 4 members (excludes halogenated alkanes) is 6. The molecule has 0 spiro atoms. The fourth-order valence-corrected chi connectivity index (χ4v) is 3.49. The van der Waals surface area contributed by atoms with Gasteiger partial charge in [-0.15, -0.1) is 0 Å². The van der Waals surface area contributed by atoms with Gasteiger partial charge < -0.3 is 4.90 Å². The van der Waals surface area contributed by atoms with E-state index in [4.69, 9.17) is 5.26 Å². The molecular formula is C27H36N2. The third-order valence-corrected chi connectivity index (χ3v) is 5.33. The van der Waals surface area contributed by atoms with Crippen LogP contribution >= 0.6 is 0 Å². The lowest BCUT2D eigenvalue weighted by Crippen LogP contribution is -2.25. The second-order valence-electron chi connectivity index (χ2n) is 7.77. The third kappa shape index (κ3) is 8.57. The number of anilines is 1. The van der Waals surface area contributed by atoms with E-state index in [-0.39, 0.29) is 0 Å². The quantitative estimate of drug-likeness (QED) is 0.260. The van der Waals surface area contributed by atoms with Gasteiger partial charge in [0.05, 0.1) is 11.6 Å². The fraction of sp³-hybridized carbons (Fsp3) is 0.444. The molecule has 0 aliphatic rings. The monoisotopic (exact) mass is 388 g/mol. The van der Waals surface area contributed by atoms with Crippen LogP contribution in [-0.4, -0.2) is 13.1 Å². The summed E-state index contributed by atoms with van der Waals surface area (Å²) in [4.78, 5) is 2.57. The Morgan fingerprint density at radius 1 is 0.690 bits per heavy atom. The molecule has 2 aromatic carbocycles. The number of hydrogen-bond acceptors (Lipinski definition) is 2. The van der Waals surface area contributed by atoms with Crippen molar-refractivity contribution in [2.24, 2.45) is 0 Å². The largest absolute Gasteiger partial charge is 0.372 e. The Hall–Kier alpha value is -2.53. The Morgan fingerprint density at radius 2 is 1.17 bits per heavy atom. The van der Waals surface area contributed by atoms with Gasteiger partial charge in [-0.3, -0.25) is 0 Å². The maximum absolute atomic E-state index is 8.90. The summed E-state index contributed by atoms with van der Waals surface area (Å²) in [6.45, 7) is 6.86. The molecule has 0 saturated heterocycles.